The number of hydrogen-bond acceptors (Lipinski definition) is 4. The number of para-hydroxylation sites is 1. The Bertz CT molecular complexity index is 1020. The number of urea groups is 1. The van der Waals surface area contributed by atoms with Crippen molar-refractivity contribution in [3.05, 3.63) is 76.3 Å². The quantitative estimate of drug-likeness (QED) is 0.449. The molecule has 28 heavy (non-hydrogen) atoms. The van der Waals surface area contributed by atoms with Gasteiger partial charge in [0.1, 0.15) is 17.9 Å². The lowest BCUT2D eigenvalue weighted by molar-refractivity contribution is -0.122. The molecule has 0 saturated carbocycles. The lowest BCUT2D eigenvalue weighted by atomic mass is 10.1. The molecule has 0 radical (unpaired) electrons. The van der Waals surface area contributed by atoms with Gasteiger partial charge >= 0.3 is 6.03 Å². The fourth-order valence-electron chi connectivity index (χ4n) is 2.55. The molecule has 1 aliphatic heterocycles. The minimum atomic E-state index is -0.873. The first-order valence-electron chi connectivity index (χ1n) is 8.11. The lowest BCUT2D eigenvalue weighted by Gasteiger charge is -2.26. The highest BCUT2D eigenvalue weighted by Crippen LogP contribution is 2.30. The normalized spacial score (nSPS) is 15.6. The van der Waals surface area contributed by atoms with Crippen LogP contribution < -0.4 is 15.0 Å². The molecule has 4 amide bonds. The molecule has 1 N–H and O–H groups in total. The van der Waals surface area contributed by atoms with Gasteiger partial charge in [0.2, 0.25) is 0 Å². The van der Waals surface area contributed by atoms with E-state index < -0.39 is 17.8 Å². The molecule has 0 aromatic heterocycles. The minimum absolute atomic E-state index is 0.172. The fourth-order valence-corrected chi connectivity index (χ4v) is 2.84. The number of nitrogens with one attached hydrogen (secondary N) is 1. The molecular weight excluding hydrogens is 403 g/mol. The molecule has 0 atom stereocenters. The summed E-state index contributed by atoms with van der Waals surface area (Å²) < 4.78 is 5.54. The van der Waals surface area contributed by atoms with Crippen molar-refractivity contribution >= 4 is 52.8 Å². The van der Waals surface area contributed by atoms with E-state index in [2.05, 4.69) is 11.9 Å². The molecule has 1 aliphatic rings. The van der Waals surface area contributed by atoms with E-state index in [1.54, 1.807) is 30.3 Å². The summed E-state index contributed by atoms with van der Waals surface area (Å²) in [5.74, 6) is -1.12. The maximum atomic E-state index is 12.9. The van der Waals surface area contributed by atoms with E-state index >= 15 is 0 Å². The third-order valence-electron chi connectivity index (χ3n) is 3.84. The number of carbonyl (C=O) groups is 3. The summed E-state index contributed by atoms with van der Waals surface area (Å²) in [7, 11) is 0. The van der Waals surface area contributed by atoms with E-state index in [0.717, 1.165) is 4.90 Å². The summed E-state index contributed by atoms with van der Waals surface area (Å²) in [5, 5.41) is 2.60. The number of imide groups is 2. The van der Waals surface area contributed by atoms with Crippen LogP contribution in [0.15, 0.2) is 60.7 Å². The number of anilines is 1. The zero-order valence-corrected chi connectivity index (χ0v) is 16.0. The van der Waals surface area contributed by atoms with Gasteiger partial charge in [-0.1, -0.05) is 54.1 Å². The second-order valence-electron chi connectivity index (χ2n) is 5.69. The summed E-state index contributed by atoms with van der Waals surface area (Å²) in [4.78, 5) is 38.3. The molecule has 2 aromatic rings. The highest BCUT2D eigenvalue weighted by Gasteiger charge is 2.37. The van der Waals surface area contributed by atoms with Crippen LogP contribution in [0.4, 0.5) is 10.5 Å². The van der Waals surface area contributed by atoms with Crippen molar-refractivity contribution in [2.45, 2.75) is 0 Å². The number of halogens is 2. The van der Waals surface area contributed by atoms with E-state index in [-0.39, 0.29) is 27.9 Å². The molecule has 0 spiro atoms. The Kier molecular flexibility index (Phi) is 5.82. The molecule has 3 rings (SSSR count). The third kappa shape index (κ3) is 3.93. The van der Waals surface area contributed by atoms with Gasteiger partial charge in [0.05, 0.1) is 15.7 Å². The maximum absolute atomic E-state index is 12.9. The van der Waals surface area contributed by atoms with Gasteiger partial charge in [0.15, 0.2) is 0 Å². The summed E-state index contributed by atoms with van der Waals surface area (Å²) in [6, 6.07) is 10.3. The highest BCUT2D eigenvalue weighted by atomic mass is 35.5. The van der Waals surface area contributed by atoms with E-state index in [0.29, 0.717) is 11.3 Å². The van der Waals surface area contributed by atoms with Gasteiger partial charge < -0.3 is 4.74 Å². The Morgan fingerprint density at radius 2 is 1.82 bits per heavy atom. The lowest BCUT2D eigenvalue weighted by Crippen LogP contribution is -2.54. The molecule has 1 heterocycles. The van der Waals surface area contributed by atoms with Crippen LogP contribution in [0.25, 0.3) is 6.08 Å². The van der Waals surface area contributed by atoms with Crippen LogP contribution in [-0.4, -0.2) is 24.5 Å². The first-order valence-corrected chi connectivity index (χ1v) is 8.87. The fraction of sp³-hybridized carbons (Fsp3) is 0.0500. The average molecular weight is 417 g/mol. The van der Waals surface area contributed by atoms with Crippen LogP contribution in [-0.2, 0) is 9.59 Å². The van der Waals surface area contributed by atoms with Crippen molar-refractivity contribution in [2.24, 2.45) is 0 Å². The van der Waals surface area contributed by atoms with Gasteiger partial charge in [0.25, 0.3) is 11.8 Å². The maximum Gasteiger partial charge on any atom is 0.335 e. The molecule has 2 aromatic carbocycles. The van der Waals surface area contributed by atoms with Crippen molar-refractivity contribution in [1.29, 1.82) is 0 Å². The molecule has 0 unspecified atom stereocenters. The van der Waals surface area contributed by atoms with Gasteiger partial charge in [-0.2, -0.15) is 0 Å². The number of barbiturate groups is 1. The van der Waals surface area contributed by atoms with E-state index in [1.807, 2.05) is 0 Å². The van der Waals surface area contributed by atoms with Crippen molar-refractivity contribution in [2.75, 3.05) is 11.5 Å². The molecule has 8 heteroatoms. The number of hydrogen-bond donors (Lipinski definition) is 1. The van der Waals surface area contributed by atoms with Crippen molar-refractivity contribution in [3.63, 3.8) is 0 Å². The largest absolute Gasteiger partial charge is 0.489 e. The van der Waals surface area contributed by atoms with Crippen LogP contribution in [0.3, 0.4) is 0 Å². The second kappa shape index (κ2) is 8.29. The SMILES string of the molecule is C=CCOc1ccccc1/C=C1\C(=O)NC(=O)N(c2ccc(Cl)c(Cl)c2)C1=O. The van der Waals surface area contributed by atoms with Crippen LogP contribution >= 0.6 is 23.2 Å². The average Bonchev–Trinajstić information content (AvgIpc) is 2.67. The first kappa shape index (κ1) is 19.7. The number of amides is 4. The molecule has 142 valence electrons. The number of rotatable bonds is 5. The van der Waals surface area contributed by atoms with Gasteiger partial charge in [-0.25, -0.2) is 9.69 Å². The summed E-state index contributed by atoms with van der Waals surface area (Å²) in [6.07, 6.45) is 2.94. The molecular formula is C20H14Cl2N2O4. The van der Waals surface area contributed by atoms with Crippen molar-refractivity contribution in [3.8, 4) is 5.75 Å². The Morgan fingerprint density at radius 1 is 1.07 bits per heavy atom. The molecule has 1 fully saturated rings. The van der Waals surface area contributed by atoms with Crippen LogP contribution in [0.1, 0.15) is 5.56 Å². The molecule has 6 nitrogen and oxygen atoms in total. The zero-order chi connectivity index (χ0) is 20.3. The van der Waals surface area contributed by atoms with Gasteiger partial charge in [-0.3, -0.25) is 14.9 Å². The monoisotopic (exact) mass is 416 g/mol. The number of ether oxygens (including phenoxy) is 1. The standard InChI is InChI=1S/C20H14Cl2N2O4/c1-2-9-28-17-6-4-3-5-12(17)10-14-18(25)23-20(27)24(19(14)26)13-7-8-15(21)16(22)11-13/h2-8,10-11H,1,9H2,(H,23,25,27)/b14-10+. The van der Waals surface area contributed by atoms with Crippen molar-refractivity contribution < 1.29 is 19.1 Å². The predicted octanol–water partition coefficient (Wildman–Crippen LogP) is 4.22. The topological polar surface area (TPSA) is 75.7 Å². The van der Waals surface area contributed by atoms with Crippen LogP contribution in [0.5, 0.6) is 5.75 Å². The predicted molar refractivity (Wildman–Crippen MR) is 108 cm³/mol. The Balaban J connectivity index is 2.02. The minimum Gasteiger partial charge on any atom is -0.489 e. The zero-order valence-electron chi connectivity index (χ0n) is 14.4. The third-order valence-corrected chi connectivity index (χ3v) is 4.58. The van der Waals surface area contributed by atoms with E-state index in [9.17, 15) is 14.4 Å². The summed E-state index contributed by atoms with van der Waals surface area (Å²) >= 11 is 11.9. The van der Waals surface area contributed by atoms with Gasteiger partial charge in [-0.15, -0.1) is 0 Å². The Morgan fingerprint density at radius 3 is 2.54 bits per heavy atom. The highest BCUT2D eigenvalue weighted by molar-refractivity contribution is 6.43. The Labute approximate surface area is 171 Å². The Hall–Kier alpha value is -3.09. The summed E-state index contributed by atoms with van der Waals surface area (Å²) in [6.45, 7) is 3.85. The van der Waals surface area contributed by atoms with E-state index in [1.165, 1.54) is 24.3 Å². The number of nitrogens with zero attached hydrogens (tertiary/aromatic N) is 1. The first-order chi connectivity index (χ1) is 13.4. The number of carbonyl (C=O) groups excluding carboxylic acids is 3. The van der Waals surface area contributed by atoms with Crippen molar-refractivity contribution in [1.82, 2.24) is 5.32 Å². The van der Waals surface area contributed by atoms with E-state index in [4.69, 9.17) is 27.9 Å². The summed E-state index contributed by atoms with van der Waals surface area (Å²) in [5.41, 5.74) is 0.470. The number of benzene rings is 2. The molecule has 0 bridgehead atoms. The smallest absolute Gasteiger partial charge is 0.335 e. The van der Waals surface area contributed by atoms with Gasteiger partial charge in [0, 0.05) is 5.56 Å². The van der Waals surface area contributed by atoms with Gasteiger partial charge in [-0.05, 0) is 30.3 Å². The molecule has 0 aliphatic carbocycles. The second-order valence-corrected chi connectivity index (χ2v) is 6.51. The van der Waals surface area contributed by atoms with Crippen LogP contribution in [0, 0.1) is 0 Å². The van der Waals surface area contributed by atoms with Crippen LogP contribution in [0.2, 0.25) is 10.0 Å². The molecule has 1 saturated heterocycles.